The molecule has 0 bridgehead atoms. The van der Waals surface area contributed by atoms with E-state index in [0.717, 1.165) is 5.56 Å². The van der Waals surface area contributed by atoms with Gasteiger partial charge in [-0.3, -0.25) is 4.79 Å². The normalized spacial score (nSPS) is 13.4. The highest BCUT2D eigenvalue weighted by molar-refractivity contribution is 7.89. The zero-order valence-electron chi connectivity index (χ0n) is 12.7. The van der Waals surface area contributed by atoms with Crippen LogP contribution in [-0.4, -0.2) is 27.5 Å². The van der Waals surface area contributed by atoms with Crippen LogP contribution in [0.1, 0.15) is 15.9 Å². The number of carbonyl (C=O) groups is 1. The van der Waals surface area contributed by atoms with Crippen molar-refractivity contribution in [1.82, 2.24) is 5.32 Å². The van der Waals surface area contributed by atoms with Crippen molar-refractivity contribution in [3.8, 4) is 11.5 Å². The van der Waals surface area contributed by atoms with E-state index in [1.165, 1.54) is 12.1 Å². The van der Waals surface area contributed by atoms with Gasteiger partial charge in [0.05, 0.1) is 10.5 Å². The van der Waals surface area contributed by atoms with Crippen LogP contribution in [0.4, 0.5) is 0 Å². The third-order valence-electron chi connectivity index (χ3n) is 3.52. The van der Waals surface area contributed by atoms with Crippen molar-refractivity contribution in [2.75, 3.05) is 13.2 Å². The number of benzene rings is 2. The summed E-state index contributed by atoms with van der Waals surface area (Å²) in [5.41, 5.74) is 1.14. The van der Waals surface area contributed by atoms with Crippen LogP contribution in [-0.2, 0) is 16.6 Å². The fraction of sp³-hybridized carbons (Fsp3) is 0.188. The molecule has 24 heavy (non-hydrogen) atoms. The number of amides is 1. The zero-order valence-corrected chi connectivity index (χ0v) is 13.5. The minimum absolute atomic E-state index is 0.0280. The minimum Gasteiger partial charge on any atom is -0.486 e. The molecule has 1 amide bonds. The number of ether oxygens (including phenoxy) is 2. The third-order valence-corrected chi connectivity index (χ3v) is 4.45. The second kappa shape index (κ2) is 6.50. The average molecular weight is 348 g/mol. The van der Waals surface area contributed by atoms with E-state index in [2.05, 4.69) is 5.32 Å². The van der Waals surface area contributed by atoms with Gasteiger partial charge in [0.1, 0.15) is 13.2 Å². The van der Waals surface area contributed by atoms with E-state index in [9.17, 15) is 13.2 Å². The molecule has 0 saturated carbocycles. The lowest BCUT2D eigenvalue weighted by atomic mass is 10.1. The molecule has 2 aromatic rings. The molecule has 1 heterocycles. The lowest BCUT2D eigenvalue weighted by molar-refractivity contribution is 0.0939. The van der Waals surface area contributed by atoms with E-state index in [0.29, 0.717) is 30.3 Å². The van der Waals surface area contributed by atoms with Crippen LogP contribution in [0.15, 0.2) is 47.4 Å². The molecule has 0 saturated heterocycles. The Labute approximate surface area is 139 Å². The summed E-state index contributed by atoms with van der Waals surface area (Å²) in [7, 11) is -3.72. The predicted molar refractivity (Wildman–Crippen MR) is 86.4 cm³/mol. The summed E-state index contributed by atoms with van der Waals surface area (Å²) in [6, 6.07) is 11.1. The van der Waals surface area contributed by atoms with Gasteiger partial charge in [-0.25, -0.2) is 13.6 Å². The molecule has 0 atom stereocenters. The second-order valence-corrected chi connectivity index (χ2v) is 6.76. The van der Waals surface area contributed by atoms with Crippen molar-refractivity contribution in [3.63, 3.8) is 0 Å². The Bertz CT molecular complexity index is 863. The summed E-state index contributed by atoms with van der Waals surface area (Å²) in [5.74, 6) is 0.685. The topological polar surface area (TPSA) is 108 Å². The quantitative estimate of drug-likeness (QED) is 0.858. The lowest BCUT2D eigenvalue weighted by Crippen LogP contribution is -2.25. The van der Waals surface area contributed by atoms with Crippen molar-refractivity contribution in [2.45, 2.75) is 11.4 Å². The number of hydrogen-bond acceptors (Lipinski definition) is 5. The molecule has 3 N–H and O–H groups in total. The summed E-state index contributed by atoms with van der Waals surface area (Å²) in [6.07, 6.45) is 0. The van der Waals surface area contributed by atoms with Gasteiger partial charge in [0, 0.05) is 6.54 Å². The SMILES string of the molecule is NS(=O)(=O)c1ccc(CNC(=O)c2cccc3c2OCCO3)cc1. The Morgan fingerprint density at radius 1 is 1.08 bits per heavy atom. The predicted octanol–water partition coefficient (Wildman–Crippen LogP) is 1.04. The highest BCUT2D eigenvalue weighted by Crippen LogP contribution is 2.33. The molecule has 2 aromatic carbocycles. The summed E-state index contributed by atoms with van der Waals surface area (Å²) in [4.78, 5) is 12.4. The van der Waals surface area contributed by atoms with Crippen LogP contribution >= 0.6 is 0 Å². The van der Waals surface area contributed by atoms with Crippen molar-refractivity contribution in [3.05, 3.63) is 53.6 Å². The number of hydrogen-bond donors (Lipinski definition) is 2. The number of nitrogens with one attached hydrogen (secondary N) is 1. The molecule has 8 heteroatoms. The van der Waals surface area contributed by atoms with Gasteiger partial charge in [0.2, 0.25) is 10.0 Å². The molecule has 1 aliphatic rings. The van der Waals surface area contributed by atoms with Crippen LogP contribution in [0, 0.1) is 0 Å². The molecule has 0 aliphatic carbocycles. The van der Waals surface area contributed by atoms with Crippen LogP contribution < -0.4 is 19.9 Å². The highest BCUT2D eigenvalue weighted by Gasteiger charge is 2.20. The van der Waals surface area contributed by atoms with Gasteiger partial charge in [-0.05, 0) is 29.8 Å². The van der Waals surface area contributed by atoms with E-state index in [-0.39, 0.29) is 17.3 Å². The Hall–Kier alpha value is -2.58. The Kier molecular flexibility index (Phi) is 4.41. The van der Waals surface area contributed by atoms with Crippen LogP contribution in [0.25, 0.3) is 0 Å². The molecule has 1 aliphatic heterocycles. The van der Waals surface area contributed by atoms with Gasteiger partial charge in [-0.15, -0.1) is 0 Å². The van der Waals surface area contributed by atoms with Crippen LogP contribution in [0.5, 0.6) is 11.5 Å². The fourth-order valence-electron chi connectivity index (χ4n) is 2.33. The lowest BCUT2D eigenvalue weighted by Gasteiger charge is -2.20. The first-order valence-electron chi connectivity index (χ1n) is 7.24. The number of para-hydroxylation sites is 1. The van der Waals surface area contributed by atoms with Crippen molar-refractivity contribution >= 4 is 15.9 Å². The smallest absolute Gasteiger partial charge is 0.255 e. The summed E-state index contributed by atoms with van der Waals surface area (Å²) < 4.78 is 33.4. The average Bonchev–Trinajstić information content (AvgIpc) is 2.59. The first kappa shape index (κ1) is 16.3. The maximum absolute atomic E-state index is 12.4. The maximum Gasteiger partial charge on any atom is 0.255 e. The standard InChI is InChI=1S/C16H16N2O5S/c17-24(20,21)12-6-4-11(5-7-12)10-18-16(19)13-2-1-3-14-15(13)23-9-8-22-14/h1-7H,8-10H2,(H,18,19)(H2,17,20,21). The number of nitrogens with two attached hydrogens (primary N) is 1. The molecule has 0 spiro atoms. The van der Waals surface area contributed by atoms with Crippen LogP contribution in [0.2, 0.25) is 0 Å². The summed E-state index contributed by atoms with van der Waals surface area (Å²) in [5, 5.41) is 7.81. The zero-order chi connectivity index (χ0) is 17.2. The fourth-order valence-corrected chi connectivity index (χ4v) is 2.84. The number of rotatable bonds is 4. The van der Waals surface area contributed by atoms with Gasteiger partial charge in [0.25, 0.3) is 5.91 Å². The number of primary sulfonamides is 1. The van der Waals surface area contributed by atoms with E-state index in [1.807, 2.05) is 0 Å². The first-order valence-corrected chi connectivity index (χ1v) is 8.78. The van der Waals surface area contributed by atoms with Crippen molar-refractivity contribution < 1.29 is 22.7 Å². The van der Waals surface area contributed by atoms with Crippen molar-refractivity contribution in [2.24, 2.45) is 5.14 Å². The molecule has 3 rings (SSSR count). The van der Waals surface area contributed by atoms with Crippen molar-refractivity contribution in [1.29, 1.82) is 0 Å². The first-order chi connectivity index (χ1) is 11.4. The molecule has 0 radical (unpaired) electrons. The van der Waals surface area contributed by atoms with E-state index < -0.39 is 10.0 Å². The van der Waals surface area contributed by atoms with Gasteiger partial charge >= 0.3 is 0 Å². The Morgan fingerprint density at radius 2 is 1.79 bits per heavy atom. The number of carbonyl (C=O) groups excluding carboxylic acids is 1. The number of fused-ring (bicyclic) bond motifs is 1. The summed E-state index contributed by atoms with van der Waals surface area (Å²) in [6.45, 7) is 1.09. The largest absolute Gasteiger partial charge is 0.486 e. The number of sulfonamides is 1. The Balaban J connectivity index is 1.70. The Morgan fingerprint density at radius 3 is 2.50 bits per heavy atom. The highest BCUT2D eigenvalue weighted by atomic mass is 32.2. The van der Waals surface area contributed by atoms with Gasteiger partial charge in [0.15, 0.2) is 11.5 Å². The van der Waals surface area contributed by atoms with Crippen LogP contribution in [0.3, 0.4) is 0 Å². The molecule has 0 fully saturated rings. The third kappa shape index (κ3) is 3.50. The van der Waals surface area contributed by atoms with Gasteiger partial charge in [-0.1, -0.05) is 18.2 Å². The van der Waals surface area contributed by atoms with E-state index in [1.54, 1.807) is 30.3 Å². The molecular formula is C16H16N2O5S. The minimum atomic E-state index is -3.72. The van der Waals surface area contributed by atoms with E-state index in [4.69, 9.17) is 14.6 Å². The molecule has 0 unspecified atom stereocenters. The molecular weight excluding hydrogens is 332 g/mol. The molecule has 7 nitrogen and oxygen atoms in total. The summed E-state index contributed by atoms with van der Waals surface area (Å²) >= 11 is 0. The monoisotopic (exact) mass is 348 g/mol. The van der Waals surface area contributed by atoms with E-state index >= 15 is 0 Å². The van der Waals surface area contributed by atoms with Gasteiger partial charge < -0.3 is 14.8 Å². The second-order valence-electron chi connectivity index (χ2n) is 5.20. The van der Waals surface area contributed by atoms with Gasteiger partial charge in [-0.2, -0.15) is 0 Å². The molecule has 126 valence electrons. The molecule has 0 aromatic heterocycles. The maximum atomic E-state index is 12.4.